The Bertz CT molecular complexity index is 1280. The zero-order valence-corrected chi connectivity index (χ0v) is 23.0. The van der Waals surface area contributed by atoms with Gasteiger partial charge in [0.15, 0.2) is 23.2 Å². The van der Waals surface area contributed by atoms with E-state index >= 15 is 8.78 Å². The number of benzene rings is 3. The van der Waals surface area contributed by atoms with E-state index in [1.54, 1.807) is 36.4 Å². The molecule has 39 heavy (non-hydrogen) atoms. The van der Waals surface area contributed by atoms with Crippen LogP contribution in [0.1, 0.15) is 83.6 Å². The zero-order valence-electron chi connectivity index (χ0n) is 23.0. The van der Waals surface area contributed by atoms with E-state index < -0.39 is 23.3 Å². The van der Waals surface area contributed by atoms with Crippen LogP contribution in [0.25, 0.3) is 27.8 Å². The Hall–Kier alpha value is -3.08. The van der Waals surface area contributed by atoms with Gasteiger partial charge in [-0.1, -0.05) is 94.8 Å². The van der Waals surface area contributed by atoms with Gasteiger partial charge in [0.05, 0.1) is 6.61 Å². The molecule has 0 heterocycles. The van der Waals surface area contributed by atoms with Gasteiger partial charge in [-0.05, 0) is 60.4 Å². The van der Waals surface area contributed by atoms with Crippen LogP contribution in [0, 0.1) is 29.2 Å². The average molecular weight is 539 g/mol. The molecule has 0 bridgehead atoms. The third-order valence-electron chi connectivity index (χ3n) is 7.72. The second-order valence-corrected chi connectivity index (χ2v) is 10.5. The van der Waals surface area contributed by atoms with Crippen molar-refractivity contribution in [2.45, 2.75) is 78.1 Å². The smallest absolute Gasteiger partial charge is 0.201 e. The highest BCUT2D eigenvalue weighted by Gasteiger charge is 2.21. The first-order valence-electron chi connectivity index (χ1n) is 14.3. The quantitative estimate of drug-likeness (QED) is 0.165. The maximum Gasteiger partial charge on any atom is 0.201 e. The Kier molecular flexibility index (Phi) is 10.2. The van der Waals surface area contributed by atoms with Gasteiger partial charge in [-0.2, -0.15) is 4.39 Å². The van der Waals surface area contributed by atoms with Crippen LogP contribution < -0.4 is 4.74 Å². The molecule has 1 atom stereocenters. The molecule has 0 amide bonds. The van der Waals surface area contributed by atoms with Gasteiger partial charge in [-0.3, -0.25) is 0 Å². The summed E-state index contributed by atoms with van der Waals surface area (Å²) in [5.74, 6) is -3.24. The molecule has 0 saturated heterocycles. The second kappa shape index (κ2) is 13.8. The molecule has 0 aliphatic heterocycles. The van der Waals surface area contributed by atoms with Crippen LogP contribution in [0.4, 0.5) is 17.6 Å². The maximum absolute atomic E-state index is 15.2. The molecular formula is C34H38F4O. The van der Waals surface area contributed by atoms with Crippen LogP contribution in [0.15, 0.2) is 54.6 Å². The molecule has 0 N–H and O–H groups in total. The molecule has 5 heteroatoms. The number of ether oxygens (including phenoxy) is 1. The fourth-order valence-corrected chi connectivity index (χ4v) is 5.33. The van der Waals surface area contributed by atoms with Gasteiger partial charge in [-0.15, -0.1) is 0 Å². The lowest BCUT2D eigenvalue weighted by Gasteiger charge is -2.22. The molecule has 4 rings (SSSR count). The van der Waals surface area contributed by atoms with Crippen LogP contribution in [-0.4, -0.2) is 6.61 Å². The number of rotatable bonds is 12. The Morgan fingerprint density at radius 1 is 0.667 bits per heavy atom. The first-order valence-corrected chi connectivity index (χ1v) is 14.3. The summed E-state index contributed by atoms with van der Waals surface area (Å²) in [4.78, 5) is 0. The van der Waals surface area contributed by atoms with E-state index in [0.29, 0.717) is 29.2 Å². The molecular weight excluding hydrogens is 500 g/mol. The third-order valence-corrected chi connectivity index (χ3v) is 7.72. The van der Waals surface area contributed by atoms with Gasteiger partial charge in [0.1, 0.15) is 0 Å². The van der Waals surface area contributed by atoms with E-state index in [-0.39, 0.29) is 16.9 Å². The van der Waals surface area contributed by atoms with Crippen LogP contribution in [0.3, 0.4) is 0 Å². The fraction of sp³-hybridized carbons (Fsp3) is 0.412. The Labute approximate surface area is 229 Å². The minimum absolute atomic E-state index is 0.0826. The van der Waals surface area contributed by atoms with E-state index in [1.165, 1.54) is 37.8 Å². The Morgan fingerprint density at radius 3 is 1.85 bits per heavy atom. The molecule has 0 aromatic heterocycles. The number of hydrogen-bond donors (Lipinski definition) is 0. The first kappa shape index (κ1) is 28.9. The highest BCUT2D eigenvalue weighted by Crippen LogP contribution is 2.37. The maximum atomic E-state index is 15.2. The highest BCUT2D eigenvalue weighted by molar-refractivity contribution is 5.74. The Balaban J connectivity index is 1.48. The van der Waals surface area contributed by atoms with Gasteiger partial charge in [0.25, 0.3) is 0 Å². The van der Waals surface area contributed by atoms with Crippen molar-refractivity contribution in [3.8, 4) is 28.0 Å². The third kappa shape index (κ3) is 6.93. The van der Waals surface area contributed by atoms with Crippen LogP contribution >= 0.6 is 0 Å². The molecule has 0 spiro atoms. The van der Waals surface area contributed by atoms with Gasteiger partial charge in [0, 0.05) is 16.7 Å². The normalized spacial score (nSPS) is 15.3. The number of halogens is 4. The summed E-state index contributed by atoms with van der Waals surface area (Å²) in [5.41, 5.74) is 2.32. The summed E-state index contributed by atoms with van der Waals surface area (Å²) >= 11 is 0. The summed E-state index contributed by atoms with van der Waals surface area (Å²) in [7, 11) is 0. The summed E-state index contributed by atoms with van der Waals surface area (Å²) in [6, 6.07) is 12.5. The van der Waals surface area contributed by atoms with Crippen molar-refractivity contribution in [1.29, 1.82) is 0 Å². The van der Waals surface area contributed by atoms with Crippen LogP contribution in [-0.2, 0) is 0 Å². The molecule has 208 valence electrons. The number of unbranched alkanes of at least 4 members (excludes halogenated alkanes) is 4. The molecule has 0 radical (unpaired) electrons. The van der Waals surface area contributed by atoms with Crippen LogP contribution in [0.5, 0.6) is 5.75 Å². The summed E-state index contributed by atoms with van der Waals surface area (Å²) < 4.78 is 65.2. The van der Waals surface area contributed by atoms with Crippen molar-refractivity contribution in [3.63, 3.8) is 0 Å². The lowest BCUT2D eigenvalue weighted by molar-refractivity contribution is 0.286. The topological polar surface area (TPSA) is 9.23 Å². The lowest BCUT2D eigenvalue weighted by Crippen LogP contribution is -2.07. The van der Waals surface area contributed by atoms with Crippen molar-refractivity contribution in [2.24, 2.45) is 5.92 Å². The average Bonchev–Trinajstić information content (AvgIpc) is 2.96. The highest BCUT2D eigenvalue weighted by atomic mass is 19.2. The second-order valence-electron chi connectivity index (χ2n) is 10.5. The standard InChI is InChI=1S/C34H38F4O/c1-3-5-7-9-23-10-12-24(13-11-23)27-18-19-28(32(36)31(27)35)25-14-16-26(17-15-25)29-20-21-30(34(38)33(29)37)39-22-8-6-4-2/h12,14-21,23H,3-11,13,22H2,1-2H3. The molecule has 1 aliphatic rings. The van der Waals surface area contributed by atoms with Crippen LogP contribution in [0.2, 0.25) is 0 Å². The van der Waals surface area contributed by atoms with E-state index in [0.717, 1.165) is 44.1 Å². The van der Waals surface area contributed by atoms with Gasteiger partial charge in [-0.25, -0.2) is 13.2 Å². The van der Waals surface area contributed by atoms with Gasteiger partial charge >= 0.3 is 0 Å². The molecule has 0 saturated carbocycles. The number of hydrogen-bond acceptors (Lipinski definition) is 1. The Morgan fingerprint density at radius 2 is 1.23 bits per heavy atom. The molecule has 1 aliphatic carbocycles. The van der Waals surface area contributed by atoms with E-state index in [1.807, 2.05) is 0 Å². The summed E-state index contributed by atoms with van der Waals surface area (Å²) in [5, 5.41) is 0. The number of allylic oxidation sites excluding steroid dienone is 2. The lowest BCUT2D eigenvalue weighted by atomic mass is 9.83. The van der Waals surface area contributed by atoms with Crippen molar-refractivity contribution < 1.29 is 22.3 Å². The first-order chi connectivity index (χ1) is 18.9. The van der Waals surface area contributed by atoms with Crippen molar-refractivity contribution in [3.05, 3.63) is 83.4 Å². The van der Waals surface area contributed by atoms with E-state index in [4.69, 9.17) is 4.74 Å². The summed E-state index contributed by atoms with van der Waals surface area (Å²) in [6.45, 7) is 4.58. The largest absolute Gasteiger partial charge is 0.490 e. The minimum atomic E-state index is -1.03. The summed E-state index contributed by atoms with van der Waals surface area (Å²) in [6.07, 6.45) is 12.3. The van der Waals surface area contributed by atoms with E-state index in [9.17, 15) is 8.78 Å². The predicted molar refractivity (Wildman–Crippen MR) is 152 cm³/mol. The van der Waals surface area contributed by atoms with Gasteiger partial charge in [0.2, 0.25) is 5.82 Å². The SMILES string of the molecule is CCCCCOc1ccc(-c2ccc(-c3ccc(C4=CCC(CCCCC)CC4)c(F)c3F)cc2)c(F)c1F. The molecule has 3 aromatic rings. The van der Waals surface area contributed by atoms with E-state index in [2.05, 4.69) is 19.9 Å². The molecule has 1 nitrogen and oxygen atoms in total. The molecule has 3 aromatic carbocycles. The van der Waals surface area contributed by atoms with Crippen molar-refractivity contribution >= 4 is 5.57 Å². The zero-order chi connectivity index (χ0) is 27.8. The monoisotopic (exact) mass is 538 g/mol. The van der Waals surface area contributed by atoms with Gasteiger partial charge < -0.3 is 4.74 Å². The van der Waals surface area contributed by atoms with Crippen molar-refractivity contribution in [2.75, 3.05) is 6.61 Å². The minimum Gasteiger partial charge on any atom is -0.490 e. The fourth-order valence-electron chi connectivity index (χ4n) is 5.33. The predicted octanol–water partition coefficient (Wildman–Crippen LogP) is 10.9. The van der Waals surface area contributed by atoms with Crippen molar-refractivity contribution in [1.82, 2.24) is 0 Å². The molecule has 1 unspecified atom stereocenters. The molecule has 0 fully saturated rings.